The van der Waals surface area contributed by atoms with Crippen LogP contribution in [0, 0.1) is 5.82 Å². The molecule has 0 unspecified atom stereocenters. The highest BCUT2D eigenvalue weighted by Gasteiger charge is 2.11. The molecule has 0 fully saturated rings. The number of hydrogen-bond acceptors (Lipinski definition) is 2. The molecule has 0 aliphatic carbocycles. The Balaban J connectivity index is 2.56. The van der Waals surface area contributed by atoms with Gasteiger partial charge >= 0.3 is 0 Å². The molecule has 112 valence electrons. The van der Waals surface area contributed by atoms with Gasteiger partial charge in [-0.1, -0.05) is 12.7 Å². The Morgan fingerprint density at radius 3 is 2.86 bits per heavy atom. The molecule has 1 heterocycles. The Kier molecular flexibility index (Phi) is 1.77. The molecule has 3 aromatic rings. The number of rotatable bonds is 4. The molecule has 0 spiro atoms. The lowest BCUT2D eigenvalue weighted by Gasteiger charge is -2.10. The number of nitrogens with zero attached hydrogens (tertiary/aromatic N) is 1. The smallest absolute Gasteiger partial charge is 0.167 e. The normalized spacial score (nSPS) is 17.1. The minimum atomic E-state index is -3.00. The average molecular weight is 306 g/mol. The molecule has 0 bridgehead atoms. The van der Waals surface area contributed by atoms with Crippen LogP contribution in [0.2, 0.25) is 0 Å². The second kappa shape index (κ2) is 5.56. The van der Waals surface area contributed by atoms with Crippen LogP contribution in [0.3, 0.4) is 0 Å². The van der Waals surface area contributed by atoms with Crippen molar-refractivity contribution in [3.63, 3.8) is 0 Å². The van der Waals surface area contributed by atoms with E-state index in [-0.39, 0.29) is 22.2 Å². The van der Waals surface area contributed by atoms with E-state index in [0.29, 0.717) is 0 Å². The summed E-state index contributed by atoms with van der Waals surface area (Å²) in [5, 5.41) is -0.330. The molecular formula is C18H16FNO2. The number of hydrogen-bond donors (Lipinski definition) is 0. The summed E-state index contributed by atoms with van der Waals surface area (Å²) in [5.41, 5.74) is -0.729. The summed E-state index contributed by atoms with van der Waals surface area (Å²) in [6.07, 6.45) is 0.504. The first-order valence-corrected chi connectivity index (χ1v) is 6.15. The maximum atomic E-state index is 14.6. The Morgan fingerprint density at radius 1 is 1.27 bits per heavy atom. The summed E-state index contributed by atoms with van der Waals surface area (Å²) < 4.78 is 96.7. The van der Waals surface area contributed by atoms with E-state index >= 15 is 0 Å². The first-order chi connectivity index (χ1) is 14.4. The summed E-state index contributed by atoms with van der Waals surface area (Å²) in [6, 6.07) is -1.66. The van der Waals surface area contributed by atoms with Crippen molar-refractivity contribution >= 4 is 17.0 Å². The average Bonchev–Trinajstić information content (AvgIpc) is 2.93. The van der Waals surface area contributed by atoms with Crippen molar-refractivity contribution in [3.8, 4) is 17.2 Å². The quantitative estimate of drug-likeness (QED) is 0.712. The standard InChI is InChI=1S/C18H16FNO2/c1-4-12-9-16-14(18(10-12)22-3)7-8-20(16)13-5-6-17(21-2)15(19)11-13/h4-11H,1H2,2-3H3/i3D3,6D,7D,8D,9D,10D,11D. The molecule has 0 saturated heterocycles. The zero-order valence-corrected chi connectivity index (χ0v) is 11.5. The maximum Gasteiger partial charge on any atom is 0.167 e. The third-order valence-corrected chi connectivity index (χ3v) is 3.01. The first kappa shape index (κ1) is 7.01. The number of fused-ring (bicyclic) bond motifs is 1. The zero-order chi connectivity index (χ0) is 23.4. The van der Waals surface area contributed by atoms with Crippen molar-refractivity contribution < 1.29 is 26.2 Å². The SMILES string of the molecule is [2H]c1cc(-n2c([2H])c([2H])c3c(OC([2H])([2H])[2H])c([2H])c(C=C)c([2H])c32)c([2H])c(F)c1OC. The fourth-order valence-electron chi connectivity index (χ4n) is 2.00. The van der Waals surface area contributed by atoms with Gasteiger partial charge in [-0.2, -0.15) is 0 Å². The van der Waals surface area contributed by atoms with Crippen LogP contribution in [0.25, 0.3) is 22.7 Å². The highest BCUT2D eigenvalue weighted by molar-refractivity contribution is 5.90. The molecule has 22 heavy (non-hydrogen) atoms. The van der Waals surface area contributed by atoms with Crippen LogP contribution in [0.5, 0.6) is 11.5 Å². The van der Waals surface area contributed by atoms with Crippen molar-refractivity contribution in [2.75, 3.05) is 14.1 Å². The van der Waals surface area contributed by atoms with Gasteiger partial charge in [0.05, 0.1) is 32.0 Å². The molecule has 0 aliphatic rings. The number of methoxy groups -OCH3 is 2. The minimum absolute atomic E-state index is 0.142. The number of halogens is 1. The first-order valence-electron chi connectivity index (χ1n) is 10.7. The van der Waals surface area contributed by atoms with E-state index in [1.54, 1.807) is 0 Å². The van der Waals surface area contributed by atoms with Gasteiger partial charge in [0, 0.05) is 23.3 Å². The molecule has 0 saturated carbocycles. The van der Waals surface area contributed by atoms with E-state index in [9.17, 15) is 4.39 Å². The number of aromatic nitrogens is 1. The second-order valence-corrected chi connectivity index (χ2v) is 4.24. The molecule has 0 atom stereocenters. The summed E-state index contributed by atoms with van der Waals surface area (Å²) in [4.78, 5) is 0. The summed E-state index contributed by atoms with van der Waals surface area (Å²) in [6.45, 7) is 3.51. The molecule has 0 amide bonds. The van der Waals surface area contributed by atoms with Gasteiger partial charge in [0.25, 0.3) is 0 Å². The minimum Gasteiger partial charge on any atom is -0.496 e. The van der Waals surface area contributed by atoms with Crippen LogP contribution >= 0.6 is 0 Å². The summed E-state index contributed by atoms with van der Waals surface area (Å²) in [5.74, 6) is -2.23. The van der Waals surface area contributed by atoms with Gasteiger partial charge in [-0.05, 0) is 35.8 Å². The van der Waals surface area contributed by atoms with Gasteiger partial charge in [0.1, 0.15) is 5.75 Å². The Bertz CT molecular complexity index is 1230. The van der Waals surface area contributed by atoms with Gasteiger partial charge in [0.2, 0.25) is 0 Å². The van der Waals surface area contributed by atoms with Crippen molar-refractivity contribution in [2.45, 2.75) is 0 Å². The van der Waals surface area contributed by atoms with Gasteiger partial charge in [-0.3, -0.25) is 0 Å². The van der Waals surface area contributed by atoms with Gasteiger partial charge < -0.3 is 14.0 Å². The van der Waals surface area contributed by atoms with Crippen LogP contribution < -0.4 is 9.47 Å². The predicted molar refractivity (Wildman–Crippen MR) is 86.4 cm³/mol. The van der Waals surface area contributed by atoms with E-state index in [1.165, 1.54) is 0 Å². The molecule has 0 aliphatic heterocycles. The lowest BCUT2D eigenvalue weighted by Crippen LogP contribution is -1.95. The van der Waals surface area contributed by atoms with Crippen LogP contribution in [0.15, 0.2) is 49.0 Å². The fraction of sp³-hybridized carbons (Fsp3) is 0.111. The van der Waals surface area contributed by atoms with E-state index in [0.717, 1.165) is 23.8 Å². The fourth-order valence-corrected chi connectivity index (χ4v) is 2.00. The molecule has 3 nitrogen and oxygen atoms in total. The Labute approximate surface area is 140 Å². The molecule has 4 heteroatoms. The van der Waals surface area contributed by atoms with Gasteiger partial charge in [0.15, 0.2) is 11.6 Å². The largest absolute Gasteiger partial charge is 0.496 e. The molecule has 0 radical (unpaired) electrons. The highest BCUT2D eigenvalue weighted by Crippen LogP contribution is 2.31. The van der Waals surface area contributed by atoms with E-state index in [4.69, 9.17) is 21.8 Å². The Hall–Kier alpha value is -2.75. The zero-order valence-electron chi connectivity index (χ0n) is 20.5. The second-order valence-electron chi connectivity index (χ2n) is 4.24. The Morgan fingerprint density at radius 2 is 2.14 bits per heavy atom. The van der Waals surface area contributed by atoms with Gasteiger partial charge in [-0.15, -0.1) is 0 Å². The monoisotopic (exact) mass is 306 g/mol. The predicted octanol–water partition coefficient (Wildman–Crippen LogP) is 4.43. The molecule has 0 N–H and O–H groups in total. The van der Waals surface area contributed by atoms with Crippen molar-refractivity contribution in [1.29, 1.82) is 0 Å². The molecular weight excluding hydrogens is 281 g/mol. The van der Waals surface area contributed by atoms with E-state index < -0.39 is 60.7 Å². The number of benzene rings is 2. The van der Waals surface area contributed by atoms with Crippen LogP contribution in [0.1, 0.15) is 17.9 Å². The van der Waals surface area contributed by atoms with Crippen molar-refractivity contribution in [2.24, 2.45) is 0 Å². The topological polar surface area (TPSA) is 23.4 Å². The molecule has 1 aromatic heterocycles. The molecule has 3 rings (SSSR count). The summed E-state index contributed by atoms with van der Waals surface area (Å²) >= 11 is 0. The number of ether oxygens (including phenoxy) is 2. The van der Waals surface area contributed by atoms with Crippen LogP contribution in [-0.4, -0.2) is 18.7 Å². The lowest BCUT2D eigenvalue weighted by molar-refractivity contribution is 0.386. The van der Waals surface area contributed by atoms with E-state index in [1.807, 2.05) is 0 Å². The van der Waals surface area contributed by atoms with Crippen LogP contribution in [-0.2, 0) is 0 Å². The summed E-state index contributed by atoms with van der Waals surface area (Å²) in [7, 11) is -1.87. The van der Waals surface area contributed by atoms with E-state index in [2.05, 4.69) is 6.58 Å². The third kappa shape index (κ3) is 2.22. The third-order valence-electron chi connectivity index (χ3n) is 3.01. The molecule has 2 aromatic carbocycles. The van der Waals surface area contributed by atoms with Crippen LogP contribution in [0.4, 0.5) is 4.39 Å². The maximum absolute atomic E-state index is 14.6. The van der Waals surface area contributed by atoms with Gasteiger partial charge in [-0.25, -0.2) is 4.39 Å². The van der Waals surface area contributed by atoms with Crippen molar-refractivity contribution in [1.82, 2.24) is 4.57 Å². The lowest BCUT2D eigenvalue weighted by atomic mass is 10.1. The van der Waals surface area contributed by atoms with Crippen molar-refractivity contribution in [3.05, 3.63) is 60.4 Å². The highest BCUT2D eigenvalue weighted by atomic mass is 19.1.